The average Bonchev–Trinajstić information content (AvgIpc) is 2.41. The third-order valence-corrected chi connectivity index (χ3v) is 3.12. The molecule has 0 fully saturated rings. The Morgan fingerprint density at radius 2 is 2.15 bits per heavy atom. The first-order valence-electron chi connectivity index (χ1n) is 5.57. The van der Waals surface area contributed by atoms with E-state index in [1.54, 1.807) is 12.1 Å². The number of halogens is 1. The van der Waals surface area contributed by atoms with E-state index in [2.05, 4.69) is 20.9 Å². The molecule has 0 aliphatic carbocycles. The van der Waals surface area contributed by atoms with Crippen LogP contribution in [0.3, 0.4) is 0 Å². The van der Waals surface area contributed by atoms with Crippen molar-refractivity contribution in [1.29, 1.82) is 0 Å². The Hall–Kier alpha value is -2.28. The van der Waals surface area contributed by atoms with Crippen LogP contribution in [0.25, 0.3) is 0 Å². The van der Waals surface area contributed by atoms with Crippen LogP contribution in [0.15, 0.2) is 41.0 Å². The van der Waals surface area contributed by atoms with Crippen LogP contribution in [-0.2, 0) is 0 Å². The quantitative estimate of drug-likeness (QED) is 0.482. The molecule has 0 N–H and O–H groups in total. The molecule has 0 radical (unpaired) electrons. The van der Waals surface area contributed by atoms with E-state index < -0.39 is 4.92 Å². The molecule has 0 bridgehead atoms. The van der Waals surface area contributed by atoms with Gasteiger partial charge in [-0.05, 0) is 35.0 Å². The first-order chi connectivity index (χ1) is 9.49. The summed E-state index contributed by atoms with van der Waals surface area (Å²) in [5.41, 5.74) is 0.235. The Kier molecular flexibility index (Phi) is 4.09. The lowest BCUT2D eigenvalue weighted by Crippen LogP contribution is -1.97. The van der Waals surface area contributed by atoms with E-state index >= 15 is 0 Å². The predicted octanol–water partition coefficient (Wildman–Crippen LogP) is 3.75. The van der Waals surface area contributed by atoms with Crippen molar-refractivity contribution in [2.75, 3.05) is 0 Å². The van der Waals surface area contributed by atoms with Gasteiger partial charge in [-0.2, -0.15) is 0 Å². The lowest BCUT2D eigenvalue weighted by molar-refractivity contribution is -0.385. The fourth-order valence-electron chi connectivity index (χ4n) is 1.53. The number of ketones is 1. The van der Waals surface area contributed by atoms with Gasteiger partial charge in [-0.1, -0.05) is 6.07 Å². The second-order valence-electron chi connectivity index (χ2n) is 3.89. The molecule has 0 aliphatic heterocycles. The van der Waals surface area contributed by atoms with Crippen LogP contribution in [0.5, 0.6) is 11.6 Å². The average molecular weight is 337 g/mol. The minimum Gasteiger partial charge on any atom is -0.431 e. The maximum Gasteiger partial charge on any atom is 0.312 e. The molecule has 0 unspecified atom stereocenters. The zero-order valence-electron chi connectivity index (χ0n) is 10.4. The maximum absolute atomic E-state index is 11.3. The van der Waals surface area contributed by atoms with Gasteiger partial charge in [-0.15, -0.1) is 0 Å². The van der Waals surface area contributed by atoms with Crippen molar-refractivity contribution in [3.8, 4) is 11.6 Å². The number of hydrogen-bond donors (Lipinski definition) is 0. The van der Waals surface area contributed by atoms with Crippen LogP contribution >= 0.6 is 15.9 Å². The molecule has 0 atom stereocenters. The van der Waals surface area contributed by atoms with Gasteiger partial charge in [0, 0.05) is 23.9 Å². The zero-order chi connectivity index (χ0) is 14.7. The number of para-hydroxylation sites is 1. The van der Waals surface area contributed by atoms with Crippen LogP contribution in [0, 0.1) is 10.1 Å². The fraction of sp³-hybridized carbons (Fsp3) is 0.0769. The van der Waals surface area contributed by atoms with Crippen molar-refractivity contribution >= 4 is 27.4 Å². The Morgan fingerprint density at radius 3 is 2.80 bits per heavy atom. The largest absolute Gasteiger partial charge is 0.431 e. The smallest absolute Gasteiger partial charge is 0.312 e. The molecule has 0 spiro atoms. The van der Waals surface area contributed by atoms with Crippen LogP contribution < -0.4 is 4.74 Å². The lowest BCUT2D eigenvalue weighted by atomic mass is 10.2. The van der Waals surface area contributed by atoms with Gasteiger partial charge in [0.1, 0.15) is 0 Å². The maximum atomic E-state index is 11.3. The SMILES string of the molecule is CC(=O)c1ccnc(Oc2c(Br)cccc2[N+](=O)[O-])c1. The molecule has 0 saturated heterocycles. The minimum atomic E-state index is -0.547. The summed E-state index contributed by atoms with van der Waals surface area (Å²) in [5.74, 6) is 0.0253. The molecule has 0 amide bonds. The van der Waals surface area contributed by atoms with Crippen molar-refractivity contribution in [2.24, 2.45) is 0 Å². The first-order valence-corrected chi connectivity index (χ1v) is 6.36. The summed E-state index contributed by atoms with van der Waals surface area (Å²) in [5, 5.41) is 11.0. The number of nitro benzene ring substituents is 1. The van der Waals surface area contributed by atoms with Crippen LogP contribution in [0.2, 0.25) is 0 Å². The van der Waals surface area contributed by atoms with E-state index in [4.69, 9.17) is 4.74 Å². The third kappa shape index (κ3) is 3.00. The van der Waals surface area contributed by atoms with E-state index in [0.717, 1.165) is 0 Å². The summed E-state index contributed by atoms with van der Waals surface area (Å²) in [6.45, 7) is 1.42. The lowest BCUT2D eigenvalue weighted by Gasteiger charge is -2.07. The first kappa shape index (κ1) is 14.1. The van der Waals surface area contributed by atoms with Crippen molar-refractivity contribution in [3.63, 3.8) is 0 Å². The molecular formula is C13H9BrN2O4. The molecule has 20 heavy (non-hydrogen) atoms. The normalized spacial score (nSPS) is 10.1. The Morgan fingerprint density at radius 1 is 1.40 bits per heavy atom. The highest BCUT2D eigenvalue weighted by molar-refractivity contribution is 9.10. The van der Waals surface area contributed by atoms with Gasteiger partial charge in [-0.3, -0.25) is 14.9 Å². The fourth-order valence-corrected chi connectivity index (χ4v) is 1.97. The number of nitro groups is 1. The molecule has 2 rings (SSSR count). The summed E-state index contributed by atoms with van der Waals surface area (Å²) in [6.07, 6.45) is 1.41. The Bertz CT molecular complexity index is 688. The second-order valence-corrected chi connectivity index (χ2v) is 4.74. The van der Waals surface area contributed by atoms with Crippen LogP contribution in [0.1, 0.15) is 17.3 Å². The highest BCUT2D eigenvalue weighted by Crippen LogP contribution is 2.37. The number of ether oxygens (including phenoxy) is 1. The summed E-state index contributed by atoms with van der Waals surface area (Å²) >= 11 is 3.20. The van der Waals surface area contributed by atoms with E-state index in [1.807, 2.05) is 0 Å². The van der Waals surface area contributed by atoms with Gasteiger partial charge in [0.2, 0.25) is 11.6 Å². The van der Waals surface area contributed by atoms with Gasteiger partial charge in [0.15, 0.2) is 5.78 Å². The Labute approximate surface area is 122 Å². The highest BCUT2D eigenvalue weighted by Gasteiger charge is 2.19. The summed E-state index contributed by atoms with van der Waals surface area (Å²) in [6, 6.07) is 7.47. The van der Waals surface area contributed by atoms with Crippen molar-refractivity contribution in [2.45, 2.75) is 6.92 Å². The summed E-state index contributed by atoms with van der Waals surface area (Å²) in [7, 11) is 0. The number of Topliss-reactive ketones (excluding diaryl/α,β-unsaturated/α-hetero) is 1. The molecule has 2 aromatic rings. The summed E-state index contributed by atoms with van der Waals surface area (Å²) in [4.78, 5) is 25.7. The number of carbonyl (C=O) groups is 1. The van der Waals surface area contributed by atoms with E-state index in [9.17, 15) is 14.9 Å². The second kappa shape index (κ2) is 5.79. The van der Waals surface area contributed by atoms with Crippen molar-refractivity contribution in [3.05, 3.63) is 56.7 Å². The van der Waals surface area contributed by atoms with E-state index in [1.165, 1.54) is 31.3 Å². The summed E-state index contributed by atoms with van der Waals surface area (Å²) < 4.78 is 5.87. The predicted molar refractivity (Wildman–Crippen MR) is 75.1 cm³/mol. The number of benzene rings is 1. The van der Waals surface area contributed by atoms with E-state index in [0.29, 0.717) is 10.0 Å². The molecule has 1 heterocycles. The van der Waals surface area contributed by atoms with Gasteiger partial charge in [-0.25, -0.2) is 4.98 Å². The zero-order valence-corrected chi connectivity index (χ0v) is 12.0. The van der Waals surface area contributed by atoms with E-state index in [-0.39, 0.29) is 23.1 Å². The number of rotatable bonds is 4. The molecule has 1 aromatic carbocycles. The number of aromatic nitrogens is 1. The number of nitrogens with zero attached hydrogens (tertiary/aromatic N) is 2. The molecule has 0 aliphatic rings. The number of hydrogen-bond acceptors (Lipinski definition) is 5. The molecular weight excluding hydrogens is 328 g/mol. The highest BCUT2D eigenvalue weighted by atomic mass is 79.9. The van der Waals surface area contributed by atoms with Gasteiger partial charge in [0.25, 0.3) is 0 Å². The standard InChI is InChI=1S/C13H9BrN2O4/c1-8(17)9-5-6-15-12(7-9)20-13-10(14)3-2-4-11(13)16(18)19/h2-7H,1H3. The molecule has 6 nitrogen and oxygen atoms in total. The topological polar surface area (TPSA) is 82.3 Å². The minimum absolute atomic E-state index is 0.0469. The number of pyridine rings is 1. The molecule has 102 valence electrons. The van der Waals surface area contributed by atoms with Crippen molar-refractivity contribution < 1.29 is 14.5 Å². The molecule has 0 saturated carbocycles. The van der Waals surface area contributed by atoms with Gasteiger partial charge < -0.3 is 4.74 Å². The number of carbonyl (C=O) groups excluding carboxylic acids is 1. The van der Waals surface area contributed by atoms with Crippen molar-refractivity contribution in [1.82, 2.24) is 4.98 Å². The molecule has 7 heteroatoms. The third-order valence-electron chi connectivity index (χ3n) is 2.49. The molecule has 1 aromatic heterocycles. The van der Waals surface area contributed by atoms with Crippen LogP contribution in [0.4, 0.5) is 5.69 Å². The van der Waals surface area contributed by atoms with Crippen LogP contribution in [-0.4, -0.2) is 15.7 Å². The Balaban J connectivity index is 2.42. The monoisotopic (exact) mass is 336 g/mol. The van der Waals surface area contributed by atoms with Gasteiger partial charge >= 0.3 is 5.69 Å². The van der Waals surface area contributed by atoms with Gasteiger partial charge in [0.05, 0.1) is 9.40 Å².